The maximum atomic E-state index is 13.8. The maximum absolute atomic E-state index is 13.8. The number of piperidine rings is 1. The number of nitrogens with zero attached hydrogens (tertiary/aromatic N) is 4. The monoisotopic (exact) mass is 591 g/mol. The molecule has 224 valence electrons. The summed E-state index contributed by atoms with van der Waals surface area (Å²) in [6.45, 7) is 9.27. The van der Waals surface area contributed by atoms with Crippen molar-refractivity contribution in [3.63, 3.8) is 0 Å². The van der Waals surface area contributed by atoms with Crippen molar-refractivity contribution in [1.82, 2.24) is 19.4 Å². The fraction of sp³-hybridized carbons (Fsp3) is 0.531. The number of carbonyl (C=O) groups is 2. The summed E-state index contributed by atoms with van der Waals surface area (Å²) >= 11 is 1.63. The van der Waals surface area contributed by atoms with Crippen LogP contribution in [0.1, 0.15) is 56.5 Å². The number of hydrogen-bond acceptors (Lipinski definition) is 6. The molecule has 10 heteroatoms. The van der Waals surface area contributed by atoms with Gasteiger partial charge in [0.05, 0.1) is 29.5 Å². The van der Waals surface area contributed by atoms with E-state index in [9.17, 15) is 14.4 Å². The number of H-pyrrole nitrogens is 1. The van der Waals surface area contributed by atoms with Crippen LogP contribution in [-0.2, 0) is 14.3 Å². The van der Waals surface area contributed by atoms with Crippen molar-refractivity contribution < 1.29 is 14.3 Å². The van der Waals surface area contributed by atoms with E-state index in [0.29, 0.717) is 38.8 Å². The number of morpholine rings is 1. The van der Waals surface area contributed by atoms with Crippen LogP contribution in [0.5, 0.6) is 0 Å². The predicted octanol–water partition coefficient (Wildman–Crippen LogP) is 4.41. The number of fused-ring (bicyclic) bond motifs is 1. The highest BCUT2D eigenvalue weighted by atomic mass is 32.2. The van der Waals surface area contributed by atoms with Gasteiger partial charge in [0.1, 0.15) is 5.37 Å². The van der Waals surface area contributed by atoms with Crippen molar-refractivity contribution in [3.05, 3.63) is 64.6 Å². The molecule has 9 nitrogen and oxygen atoms in total. The lowest BCUT2D eigenvalue weighted by atomic mass is 10.0. The Morgan fingerprint density at radius 2 is 1.71 bits per heavy atom. The predicted molar refractivity (Wildman–Crippen MR) is 167 cm³/mol. The summed E-state index contributed by atoms with van der Waals surface area (Å²) in [6, 6.07) is 16.2. The first-order valence-electron chi connectivity index (χ1n) is 15.2. The molecule has 3 fully saturated rings. The third-order valence-corrected chi connectivity index (χ3v) is 10.3. The average Bonchev–Trinajstić information content (AvgIpc) is 3.51. The molecule has 2 atom stereocenters. The van der Waals surface area contributed by atoms with E-state index in [2.05, 4.69) is 41.9 Å². The van der Waals surface area contributed by atoms with Crippen LogP contribution in [0.25, 0.3) is 11.0 Å². The molecule has 2 unspecified atom stereocenters. The van der Waals surface area contributed by atoms with Gasteiger partial charge < -0.3 is 24.4 Å². The summed E-state index contributed by atoms with van der Waals surface area (Å²) in [7, 11) is 0. The molecule has 42 heavy (non-hydrogen) atoms. The van der Waals surface area contributed by atoms with E-state index in [1.54, 1.807) is 11.8 Å². The first-order valence-corrected chi connectivity index (χ1v) is 16.2. The number of thioether (sulfide) groups is 1. The van der Waals surface area contributed by atoms with Crippen LogP contribution < -0.4 is 10.6 Å². The van der Waals surface area contributed by atoms with Crippen LogP contribution in [0.3, 0.4) is 0 Å². The average molecular weight is 592 g/mol. The zero-order valence-electron chi connectivity index (χ0n) is 24.5. The molecule has 3 saturated heterocycles. The Bertz CT molecular complexity index is 1470. The summed E-state index contributed by atoms with van der Waals surface area (Å²) in [5.41, 5.74) is 3.94. The highest BCUT2D eigenvalue weighted by molar-refractivity contribution is 8.01. The molecule has 3 aliphatic heterocycles. The number of carbonyl (C=O) groups excluding carboxylic acids is 2. The molecule has 0 spiro atoms. The van der Waals surface area contributed by atoms with Gasteiger partial charge >= 0.3 is 5.69 Å². The number of likely N-dealkylation sites (tertiary alicyclic amines) is 1. The molecule has 0 aliphatic carbocycles. The van der Waals surface area contributed by atoms with Crippen LogP contribution in [0.15, 0.2) is 53.3 Å². The third kappa shape index (κ3) is 5.83. The standard InChI is InChI=1S/C32H41N5O4S/c1-22(2)11-16-36-30(39)28(42-31(36)24-7-3-5-9-26(24)34-17-19-41-20-18-34)21-29(38)35-14-12-23(13-15-35)37-27-10-6-4-8-25(27)33-32(37)40/h3-10,22-23,28,31H,11-21H2,1-2H3,(H,33,40). The molecule has 6 rings (SSSR count). The molecule has 2 amide bonds. The summed E-state index contributed by atoms with van der Waals surface area (Å²) in [6.07, 6.45) is 2.56. The van der Waals surface area contributed by atoms with Crippen molar-refractivity contribution in [1.29, 1.82) is 0 Å². The fourth-order valence-electron chi connectivity index (χ4n) is 6.48. The lowest BCUT2D eigenvalue weighted by Gasteiger charge is -2.33. The smallest absolute Gasteiger partial charge is 0.326 e. The Balaban J connectivity index is 1.15. The van der Waals surface area contributed by atoms with E-state index in [1.807, 2.05) is 44.7 Å². The highest BCUT2D eigenvalue weighted by Gasteiger charge is 2.43. The van der Waals surface area contributed by atoms with E-state index in [4.69, 9.17) is 4.74 Å². The fourth-order valence-corrected chi connectivity index (χ4v) is 7.98. The second-order valence-electron chi connectivity index (χ2n) is 12.0. The maximum Gasteiger partial charge on any atom is 0.326 e. The zero-order valence-corrected chi connectivity index (χ0v) is 25.4. The van der Waals surface area contributed by atoms with Gasteiger partial charge in [-0.25, -0.2) is 4.79 Å². The van der Waals surface area contributed by atoms with E-state index < -0.39 is 5.25 Å². The largest absolute Gasteiger partial charge is 0.378 e. The second-order valence-corrected chi connectivity index (χ2v) is 13.3. The van der Waals surface area contributed by atoms with Gasteiger partial charge in [-0.3, -0.25) is 14.2 Å². The molecule has 2 aromatic carbocycles. The summed E-state index contributed by atoms with van der Waals surface area (Å²) < 4.78 is 7.43. The lowest BCUT2D eigenvalue weighted by molar-refractivity contribution is -0.136. The Labute approximate surface area is 251 Å². The van der Waals surface area contributed by atoms with Gasteiger partial charge in [0.15, 0.2) is 0 Å². The Morgan fingerprint density at radius 1 is 1.00 bits per heavy atom. The molecule has 4 heterocycles. The van der Waals surface area contributed by atoms with Crippen molar-refractivity contribution in [2.24, 2.45) is 5.92 Å². The minimum Gasteiger partial charge on any atom is -0.378 e. The number of amides is 2. The third-order valence-electron chi connectivity index (χ3n) is 8.80. The quantitative estimate of drug-likeness (QED) is 0.418. The molecule has 0 radical (unpaired) electrons. The molecule has 3 aliphatic rings. The van der Waals surface area contributed by atoms with Crippen LogP contribution in [0.4, 0.5) is 5.69 Å². The molecule has 1 N–H and O–H groups in total. The van der Waals surface area contributed by atoms with Crippen LogP contribution >= 0.6 is 11.8 Å². The topological polar surface area (TPSA) is 90.9 Å². The van der Waals surface area contributed by atoms with Gasteiger partial charge in [0.2, 0.25) is 11.8 Å². The van der Waals surface area contributed by atoms with Gasteiger partial charge in [-0.15, -0.1) is 11.8 Å². The van der Waals surface area contributed by atoms with Crippen molar-refractivity contribution in [2.75, 3.05) is 50.8 Å². The van der Waals surface area contributed by atoms with E-state index in [-0.39, 0.29) is 35.3 Å². The van der Waals surface area contributed by atoms with Gasteiger partial charge in [-0.2, -0.15) is 0 Å². The normalized spacial score (nSPS) is 22.1. The van der Waals surface area contributed by atoms with Gasteiger partial charge in [0, 0.05) is 56.4 Å². The SMILES string of the molecule is CC(C)CCN1C(=O)C(CC(=O)N2CCC(n3c(=O)[nH]c4ccccc43)CC2)SC1c1ccccc1N1CCOCC1. The first kappa shape index (κ1) is 28.9. The number of benzene rings is 2. The summed E-state index contributed by atoms with van der Waals surface area (Å²) in [5.74, 6) is 0.567. The van der Waals surface area contributed by atoms with Crippen molar-refractivity contribution >= 4 is 40.3 Å². The lowest BCUT2D eigenvalue weighted by Crippen LogP contribution is -2.42. The van der Waals surface area contributed by atoms with Gasteiger partial charge in [-0.1, -0.05) is 44.2 Å². The van der Waals surface area contributed by atoms with Crippen molar-refractivity contribution in [2.45, 2.75) is 56.2 Å². The zero-order chi connectivity index (χ0) is 29.2. The molecular weight excluding hydrogens is 550 g/mol. The Hall–Kier alpha value is -3.24. The molecule has 3 aromatic rings. The van der Waals surface area contributed by atoms with Gasteiger partial charge in [-0.05, 0) is 43.4 Å². The summed E-state index contributed by atoms with van der Waals surface area (Å²) in [4.78, 5) is 49.3. The summed E-state index contributed by atoms with van der Waals surface area (Å²) in [5, 5.41) is -0.519. The number of anilines is 1. The Morgan fingerprint density at radius 3 is 2.48 bits per heavy atom. The number of hydrogen-bond donors (Lipinski definition) is 1. The highest BCUT2D eigenvalue weighted by Crippen LogP contribution is 2.47. The second kappa shape index (κ2) is 12.6. The number of aromatic nitrogens is 2. The number of rotatable bonds is 8. The number of imidazole rings is 1. The van der Waals surface area contributed by atoms with E-state index >= 15 is 0 Å². The number of aromatic amines is 1. The van der Waals surface area contributed by atoms with E-state index in [0.717, 1.165) is 54.6 Å². The van der Waals surface area contributed by atoms with E-state index in [1.165, 1.54) is 0 Å². The molecule has 0 bridgehead atoms. The van der Waals surface area contributed by atoms with Crippen LogP contribution in [-0.4, -0.2) is 82.4 Å². The number of nitrogens with one attached hydrogen (secondary N) is 1. The minimum atomic E-state index is -0.402. The van der Waals surface area contributed by atoms with Crippen LogP contribution in [0.2, 0.25) is 0 Å². The first-order chi connectivity index (χ1) is 20.4. The van der Waals surface area contributed by atoms with Crippen LogP contribution in [0, 0.1) is 5.92 Å². The molecular formula is C32H41N5O4S. The minimum absolute atomic E-state index is 0.0245. The number of ether oxygens (including phenoxy) is 1. The molecule has 1 aromatic heterocycles. The Kier molecular flexibility index (Phi) is 8.62. The van der Waals surface area contributed by atoms with Crippen molar-refractivity contribution in [3.8, 4) is 0 Å². The molecule has 0 saturated carbocycles. The number of para-hydroxylation sites is 3. The van der Waals surface area contributed by atoms with Gasteiger partial charge in [0.25, 0.3) is 0 Å².